The van der Waals surface area contributed by atoms with E-state index in [0.29, 0.717) is 12.5 Å². The van der Waals surface area contributed by atoms with E-state index >= 15 is 0 Å². The third-order valence-electron chi connectivity index (χ3n) is 4.35. The van der Waals surface area contributed by atoms with Crippen molar-refractivity contribution in [1.82, 2.24) is 9.80 Å². The van der Waals surface area contributed by atoms with Gasteiger partial charge in [-0.3, -0.25) is 4.79 Å². The van der Waals surface area contributed by atoms with Gasteiger partial charge in [-0.1, -0.05) is 37.3 Å². The Morgan fingerprint density at radius 2 is 1.67 bits per heavy atom. The summed E-state index contributed by atoms with van der Waals surface area (Å²) < 4.78 is 0. The number of hydrogen-bond donors (Lipinski definition) is 1. The van der Waals surface area contributed by atoms with Crippen LogP contribution in [-0.4, -0.2) is 60.1 Å². The van der Waals surface area contributed by atoms with Gasteiger partial charge < -0.3 is 14.9 Å². The molecule has 1 heterocycles. The molecule has 1 saturated heterocycles. The van der Waals surface area contributed by atoms with Gasteiger partial charge in [-0.15, -0.1) is 0 Å². The first-order valence-corrected chi connectivity index (χ1v) is 7.86. The summed E-state index contributed by atoms with van der Waals surface area (Å²) in [7, 11) is 0. The molecule has 1 aliphatic heterocycles. The summed E-state index contributed by atoms with van der Waals surface area (Å²) >= 11 is 0. The predicted octanol–water partition coefficient (Wildman–Crippen LogP) is 2.27. The number of rotatable bonds is 7. The van der Waals surface area contributed by atoms with Gasteiger partial charge in [0.1, 0.15) is 0 Å². The minimum atomic E-state index is -0.700. The van der Waals surface area contributed by atoms with E-state index in [-0.39, 0.29) is 6.42 Å². The lowest BCUT2D eigenvalue weighted by molar-refractivity contribution is -0.137. The van der Waals surface area contributed by atoms with E-state index in [2.05, 4.69) is 47.1 Å². The monoisotopic (exact) mass is 290 g/mol. The third-order valence-corrected chi connectivity index (χ3v) is 4.35. The Balaban J connectivity index is 1.66. The number of piperazine rings is 1. The molecule has 0 bridgehead atoms. The molecule has 0 spiro atoms. The maximum Gasteiger partial charge on any atom is 0.304 e. The Morgan fingerprint density at radius 3 is 2.24 bits per heavy atom. The van der Waals surface area contributed by atoms with Crippen molar-refractivity contribution in [3.05, 3.63) is 35.9 Å². The quantitative estimate of drug-likeness (QED) is 0.836. The zero-order valence-corrected chi connectivity index (χ0v) is 12.9. The van der Waals surface area contributed by atoms with Crippen LogP contribution in [0.1, 0.15) is 31.2 Å². The molecule has 1 aromatic carbocycles. The molecule has 1 N–H and O–H groups in total. The highest BCUT2D eigenvalue weighted by Gasteiger charge is 2.17. The average molecular weight is 290 g/mol. The summed E-state index contributed by atoms with van der Waals surface area (Å²) in [4.78, 5) is 15.3. The maximum atomic E-state index is 10.6. The van der Waals surface area contributed by atoms with Gasteiger partial charge in [0.15, 0.2) is 0 Å². The molecule has 1 aliphatic rings. The highest BCUT2D eigenvalue weighted by molar-refractivity contribution is 5.66. The molecule has 2 rings (SSSR count). The topological polar surface area (TPSA) is 43.8 Å². The zero-order valence-electron chi connectivity index (χ0n) is 12.9. The van der Waals surface area contributed by atoms with Gasteiger partial charge in [-0.05, 0) is 24.4 Å². The van der Waals surface area contributed by atoms with Gasteiger partial charge in [-0.2, -0.15) is 0 Å². The molecule has 0 radical (unpaired) electrons. The second kappa shape index (κ2) is 8.15. The lowest BCUT2D eigenvalue weighted by Crippen LogP contribution is -2.47. The largest absolute Gasteiger partial charge is 0.481 e. The molecule has 1 unspecified atom stereocenters. The van der Waals surface area contributed by atoms with Crippen molar-refractivity contribution < 1.29 is 9.90 Å². The van der Waals surface area contributed by atoms with Gasteiger partial charge >= 0.3 is 5.97 Å². The highest BCUT2D eigenvalue weighted by Crippen LogP contribution is 2.19. The first kappa shape index (κ1) is 16.0. The van der Waals surface area contributed by atoms with Crippen LogP contribution in [0.5, 0.6) is 0 Å². The van der Waals surface area contributed by atoms with Crippen LogP contribution in [0.15, 0.2) is 30.3 Å². The van der Waals surface area contributed by atoms with Gasteiger partial charge in [0, 0.05) is 32.7 Å². The van der Waals surface area contributed by atoms with E-state index in [1.54, 1.807) is 0 Å². The number of nitrogens with zero attached hydrogens (tertiary/aromatic N) is 2. The zero-order chi connectivity index (χ0) is 15.1. The number of hydrogen-bond acceptors (Lipinski definition) is 3. The lowest BCUT2D eigenvalue weighted by Gasteiger charge is -2.34. The molecule has 1 atom stereocenters. The van der Waals surface area contributed by atoms with Crippen molar-refractivity contribution in [3.63, 3.8) is 0 Å². The summed E-state index contributed by atoms with van der Waals surface area (Å²) in [6.45, 7) is 8.20. The Hall–Kier alpha value is -1.39. The minimum Gasteiger partial charge on any atom is -0.481 e. The van der Waals surface area contributed by atoms with Crippen LogP contribution >= 0.6 is 0 Å². The summed E-state index contributed by atoms with van der Waals surface area (Å²) in [5.41, 5.74) is 1.41. The number of carboxylic acid groups (broad SMARTS) is 1. The SMILES string of the molecule is CC(CCN1CCN(CCC(=O)O)CC1)c1ccccc1. The Labute approximate surface area is 127 Å². The number of aliphatic carboxylic acids is 1. The van der Waals surface area contributed by atoms with Crippen LogP contribution in [0.25, 0.3) is 0 Å². The maximum absolute atomic E-state index is 10.6. The molecule has 21 heavy (non-hydrogen) atoms. The fourth-order valence-corrected chi connectivity index (χ4v) is 2.81. The van der Waals surface area contributed by atoms with E-state index in [9.17, 15) is 4.79 Å². The molecule has 0 saturated carbocycles. The summed E-state index contributed by atoms with van der Waals surface area (Å²) in [5, 5.41) is 8.71. The molecule has 1 fully saturated rings. The van der Waals surface area contributed by atoms with Crippen molar-refractivity contribution >= 4 is 5.97 Å². The fourth-order valence-electron chi connectivity index (χ4n) is 2.81. The van der Waals surface area contributed by atoms with Crippen LogP contribution in [0.3, 0.4) is 0 Å². The molecule has 116 valence electrons. The van der Waals surface area contributed by atoms with Crippen LogP contribution in [0, 0.1) is 0 Å². The molecule has 1 aromatic rings. The van der Waals surface area contributed by atoms with E-state index < -0.39 is 5.97 Å². The van der Waals surface area contributed by atoms with E-state index in [1.807, 2.05) is 0 Å². The van der Waals surface area contributed by atoms with Gasteiger partial charge in [0.05, 0.1) is 6.42 Å². The van der Waals surface area contributed by atoms with Gasteiger partial charge in [0.2, 0.25) is 0 Å². The number of benzene rings is 1. The second-order valence-electron chi connectivity index (χ2n) is 5.93. The van der Waals surface area contributed by atoms with Gasteiger partial charge in [-0.25, -0.2) is 0 Å². The summed E-state index contributed by atoms with van der Waals surface area (Å²) in [6, 6.07) is 10.7. The molecule has 4 nitrogen and oxygen atoms in total. The van der Waals surface area contributed by atoms with Crippen LogP contribution in [-0.2, 0) is 4.79 Å². The predicted molar refractivity (Wildman–Crippen MR) is 84.6 cm³/mol. The second-order valence-corrected chi connectivity index (χ2v) is 5.93. The van der Waals surface area contributed by atoms with Crippen LogP contribution < -0.4 is 0 Å². The first-order chi connectivity index (χ1) is 10.1. The molecular weight excluding hydrogens is 264 g/mol. The molecular formula is C17H26N2O2. The summed E-state index contributed by atoms with van der Waals surface area (Å²) in [6.07, 6.45) is 1.43. The Kier molecular flexibility index (Phi) is 6.21. The molecule has 0 aromatic heterocycles. The summed E-state index contributed by atoms with van der Waals surface area (Å²) in [5.74, 6) is -0.106. The minimum absolute atomic E-state index is 0.255. The molecule has 0 aliphatic carbocycles. The van der Waals surface area contributed by atoms with Crippen LogP contribution in [0.2, 0.25) is 0 Å². The van der Waals surface area contributed by atoms with E-state index in [1.165, 1.54) is 12.0 Å². The van der Waals surface area contributed by atoms with E-state index in [0.717, 1.165) is 32.7 Å². The van der Waals surface area contributed by atoms with Crippen molar-refractivity contribution in [2.75, 3.05) is 39.3 Å². The van der Waals surface area contributed by atoms with E-state index in [4.69, 9.17) is 5.11 Å². The Morgan fingerprint density at radius 1 is 1.10 bits per heavy atom. The van der Waals surface area contributed by atoms with Crippen molar-refractivity contribution in [2.45, 2.75) is 25.7 Å². The lowest BCUT2D eigenvalue weighted by atomic mass is 9.97. The Bertz CT molecular complexity index is 428. The van der Waals surface area contributed by atoms with Crippen molar-refractivity contribution in [2.24, 2.45) is 0 Å². The smallest absolute Gasteiger partial charge is 0.304 e. The fraction of sp³-hybridized carbons (Fsp3) is 0.588. The first-order valence-electron chi connectivity index (χ1n) is 7.86. The molecule has 0 amide bonds. The number of carbonyl (C=O) groups is 1. The highest BCUT2D eigenvalue weighted by atomic mass is 16.4. The third kappa shape index (κ3) is 5.48. The average Bonchev–Trinajstić information content (AvgIpc) is 2.52. The number of carboxylic acids is 1. The normalized spacial score (nSPS) is 18.5. The standard InChI is InChI=1S/C17H26N2O2/c1-15(16-5-3-2-4-6-16)7-9-18-11-13-19(14-12-18)10-8-17(20)21/h2-6,15H,7-14H2,1H3,(H,20,21). The molecule has 4 heteroatoms. The van der Waals surface area contributed by atoms with Crippen molar-refractivity contribution in [3.8, 4) is 0 Å². The van der Waals surface area contributed by atoms with Crippen molar-refractivity contribution in [1.29, 1.82) is 0 Å². The van der Waals surface area contributed by atoms with Gasteiger partial charge in [0.25, 0.3) is 0 Å². The van der Waals surface area contributed by atoms with Crippen LogP contribution in [0.4, 0.5) is 0 Å².